The maximum absolute atomic E-state index is 12.4. The van der Waals surface area contributed by atoms with Crippen LogP contribution in [0.1, 0.15) is 31.1 Å². The molecule has 2 aromatic heterocycles. The van der Waals surface area contributed by atoms with Gasteiger partial charge in [-0.2, -0.15) is 0 Å². The summed E-state index contributed by atoms with van der Waals surface area (Å²) in [6.45, 7) is 5.55. The highest BCUT2D eigenvalue weighted by molar-refractivity contribution is 7.99. The van der Waals surface area contributed by atoms with E-state index in [1.807, 2.05) is 38.3 Å². The van der Waals surface area contributed by atoms with E-state index in [0.29, 0.717) is 22.2 Å². The molecule has 0 bridgehead atoms. The van der Waals surface area contributed by atoms with Gasteiger partial charge < -0.3 is 5.32 Å². The fourth-order valence-electron chi connectivity index (χ4n) is 2.11. The van der Waals surface area contributed by atoms with Crippen molar-refractivity contribution in [3.8, 4) is 10.7 Å². The largest absolute Gasteiger partial charge is 0.326 e. The predicted molar refractivity (Wildman–Crippen MR) is 109 cm³/mol. The summed E-state index contributed by atoms with van der Waals surface area (Å²) in [6, 6.07) is 10.8. The Balaban J connectivity index is 1.56. The molecule has 140 valence electrons. The number of carbonyl (C=O) groups is 2. The van der Waals surface area contributed by atoms with Gasteiger partial charge in [-0.3, -0.25) is 14.7 Å². The number of thioether (sulfide) groups is 1. The number of benzene rings is 1. The number of hydrogen-bond acceptors (Lipinski definition) is 6. The lowest BCUT2D eigenvalue weighted by Gasteiger charge is -2.17. The van der Waals surface area contributed by atoms with Crippen LogP contribution in [0.15, 0.2) is 46.9 Å². The lowest BCUT2D eigenvalue weighted by atomic mass is 9.95. The zero-order valence-electron chi connectivity index (χ0n) is 15.3. The molecule has 27 heavy (non-hydrogen) atoms. The number of nitrogens with one attached hydrogen (secondary N) is 2. The minimum Gasteiger partial charge on any atom is -0.326 e. The standard InChI is InChI=1S/C19H20N4O2S2/c1-19(2,3)17(25)20-13-8-6-12(7-9-13)14(24)11-27-18-21-16(22-23-18)15-5-4-10-26-15/h4-10H,11H2,1-3H3,(H,20,25)(H,21,22,23). The molecule has 2 N–H and O–H groups in total. The first-order chi connectivity index (χ1) is 12.8. The third kappa shape index (κ3) is 5.05. The third-order valence-electron chi connectivity index (χ3n) is 3.70. The first-order valence-corrected chi connectivity index (χ1v) is 10.2. The lowest BCUT2D eigenvalue weighted by molar-refractivity contribution is -0.123. The summed E-state index contributed by atoms with van der Waals surface area (Å²) in [4.78, 5) is 29.8. The summed E-state index contributed by atoms with van der Waals surface area (Å²) in [5.41, 5.74) is 0.794. The molecule has 1 amide bonds. The Morgan fingerprint density at radius 1 is 1.19 bits per heavy atom. The third-order valence-corrected chi connectivity index (χ3v) is 5.42. The molecule has 6 nitrogen and oxygen atoms in total. The van der Waals surface area contributed by atoms with Crippen LogP contribution in [0.25, 0.3) is 10.7 Å². The molecule has 0 aliphatic heterocycles. The van der Waals surface area contributed by atoms with Crippen LogP contribution in [-0.2, 0) is 4.79 Å². The number of anilines is 1. The van der Waals surface area contributed by atoms with Crippen molar-refractivity contribution in [1.82, 2.24) is 15.2 Å². The van der Waals surface area contributed by atoms with Crippen molar-refractivity contribution in [3.63, 3.8) is 0 Å². The average Bonchev–Trinajstić information content (AvgIpc) is 3.31. The minimum absolute atomic E-state index is 0.0174. The van der Waals surface area contributed by atoms with Gasteiger partial charge in [0.15, 0.2) is 11.6 Å². The van der Waals surface area contributed by atoms with E-state index in [9.17, 15) is 9.59 Å². The number of ketones is 1. The van der Waals surface area contributed by atoms with Crippen molar-refractivity contribution in [1.29, 1.82) is 0 Å². The molecule has 8 heteroatoms. The second-order valence-electron chi connectivity index (χ2n) is 6.94. The Morgan fingerprint density at radius 2 is 1.93 bits per heavy atom. The van der Waals surface area contributed by atoms with Crippen LogP contribution in [-0.4, -0.2) is 32.6 Å². The van der Waals surface area contributed by atoms with Crippen LogP contribution in [0.3, 0.4) is 0 Å². The highest BCUT2D eigenvalue weighted by atomic mass is 32.2. The van der Waals surface area contributed by atoms with Gasteiger partial charge >= 0.3 is 0 Å². The highest BCUT2D eigenvalue weighted by Gasteiger charge is 2.21. The van der Waals surface area contributed by atoms with Gasteiger partial charge in [0.1, 0.15) is 0 Å². The van der Waals surface area contributed by atoms with E-state index < -0.39 is 5.41 Å². The molecule has 0 unspecified atom stereocenters. The van der Waals surface area contributed by atoms with Crippen LogP contribution in [0.5, 0.6) is 0 Å². The van der Waals surface area contributed by atoms with Gasteiger partial charge in [-0.25, -0.2) is 4.98 Å². The second-order valence-corrected chi connectivity index (χ2v) is 8.83. The number of thiophene rings is 1. The number of carbonyl (C=O) groups excluding carboxylic acids is 2. The van der Waals surface area contributed by atoms with Crippen molar-refractivity contribution in [2.24, 2.45) is 5.41 Å². The molecule has 3 aromatic rings. The van der Waals surface area contributed by atoms with Crippen molar-refractivity contribution >= 4 is 40.5 Å². The average molecular weight is 401 g/mol. The van der Waals surface area contributed by atoms with E-state index in [1.165, 1.54) is 11.8 Å². The highest BCUT2D eigenvalue weighted by Crippen LogP contribution is 2.24. The van der Waals surface area contributed by atoms with Gasteiger partial charge in [-0.1, -0.05) is 38.6 Å². The van der Waals surface area contributed by atoms with Crippen LogP contribution in [0.2, 0.25) is 0 Å². The predicted octanol–water partition coefficient (Wildman–Crippen LogP) is 4.49. The van der Waals surface area contributed by atoms with E-state index in [2.05, 4.69) is 20.5 Å². The summed E-state index contributed by atoms with van der Waals surface area (Å²) in [5, 5.41) is 12.4. The van der Waals surface area contributed by atoms with Crippen LogP contribution >= 0.6 is 23.1 Å². The molecule has 0 saturated heterocycles. The van der Waals surface area contributed by atoms with Crippen LogP contribution in [0, 0.1) is 5.41 Å². The van der Waals surface area contributed by atoms with Gasteiger partial charge in [0.05, 0.1) is 10.6 Å². The van der Waals surface area contributed by atoms with Crippen LogP contribution in [0.4, 0.5) is 5.69 Å². The molecule has 3 rings (SSSR count). The number of rotatable bonds is 6. The van der Waals surface area contributed by atoms with E-state index in [4.69, 9.17) is 0 Å². The zero-order valence-corrected chi connectivity index (χ0v) is 16.9. The van der Waals surface area contributed by atoms with Crippen molar-refractivity contribution in [2.45, 2.75) is 25.9 Å². The Morgan fingerprint density at radius 3 is 2.56 bits per heavy atom. The van der Waals surface area contributed by atoms with E-state index in [0.717, 1.165) is 4.88 Å². The Hall–Kier alpha value is -2.45. The van der Waals surface area contributed by atoms with E-state index >= 15 is 0 Å². The molecule has 0 atom stereocenters. The number of amides is 1. The van der Waals surface area contributed by atoms with Crippen molar-refractivity contribution in [3.05, 3.63) is 47.3 Å². The second kappa shape index (κ2) is 8.06. The lowest BCUT2D eigenvalue weighted by Crippen LogP contribution is -2.27. The maximum Gasteiger partial charge on any atom is 0.229 e. The number of Topliss-reactive ketones (excluding diaryl/α,β-unsaturated/α-hetero) is 1. The first kappa shape index (κ1) is 19.3. The molecule has 0 fully saturated rings. The maximum atomic E-state index is 12.4. The molecule has 0 saturated carbocycles. The fraction of sp³-hybridized carbons (Fsp3) is 0.263. The Bertz CT molecular complexity index is 926. The van der Waals surface area contributed by atoms with Gasteiger partial charge in [0, 0.05) is 16.7 Å². The molecule has 0 aliphatic carbocycles. The number of aromatic amines is 1. The molecule has 0 aliphatic rings. The molecule has 0 spiro atoms. The summed E-state index contributed by atoms with van der Waals surface area (Å²) in [6.07, 6.45) is 0. The van der Waals surface area contributed by atoms with Gasteiger partial charge in [0.2, 0.25) is 11.1 Å². The van der Waals surface area contributed by atoms with E-state index in [1.54, 1.807) is 35.6 Å². The number of nitrogens with zero attached hydrogens (tertiary/aromatic N) is 2. The molecular weight excluding hydrogens is 380 g/mol. The topological polar surface area (TPSA) is 87.7 Å². The van der Waals surface area contributed by atoms with Gasteiger partial charge in [-0.05, 0) is 35.7 Å². The van der Waals surface area contributed by atoms with Crippen molar-refractivity contribution < 1.29 is 9.59 Å². The molecular formula is C19H20N4O2S2. The molecule has 2 heterocycles. The smallest absolute Gasteiger partial charge is 0.229 e. The SMILES string of the molecule is CC(C)(C)C(=O)Nc1ccc(C(=O)CSc2n[nH]c(-c3cccs3)n2)cc1. The minimum atomic E-state index is -0.469. The normalized spacial score (nSPS) is 11.4. The summed E-state index contributed by atoms with van der Waals surface area (Å²) in [7, 11) is 0. The number of H-pyrrole nitrogens is 1. The Kier molecular flexibility index (Phi) is 5.76. The Labute approximate surface area is 165 Å². The number of hydrogen-bond donors (Lipinski definition) is 2. The summed E-state index contributed by atoms with van der Waals surface area (Å²) in [5.74, 6) is 0.869. The van der Waals surface area contributed by atoms with E-state index in [-0.39, 0.29) is 17.4 Å². The summed E-state index contributed by atoms with van der Waals surface area (Å²) < 4.78 is 0. The van der Waals surface area contributed by atoms with Gasteiger partial charge in [-0.15, -0.1) is 16.4 Å². The molecule has 1 aromatic carbocycles. The van der Waals surface area contributed by atoms with Crippen LogP contribution < -0.4 is 5.32 Å². The van der Waals surface area contributed by atoms with Crippen molar-refractivity contribution in [2.75, 3.05) is 11.1 Å². The monoisotopic (exact) mass is 400 g/mol. The first-order valence-electron chi connectivity index (χ1n) is 8.37. The zero-order chi connectivity index (χ0) is 19.4. The van der Waals surface area contributed by atoms with Gasteiger partial charge in [0.25, 0.3) is 0 Å². The molecule has 0 radical (unpaired) electrons. The fourth-order valence-corrected chi connectivity index (χ4v) is 3.46. The summed E-state index contributed by atoms with van der Waals surface area (Å²) >= 11 is 2.87. The quantitative estimate of drug-likeness (QED) is 0.470. The number of aromatic nitrogens is 3.